The van der Waals surface area contributed by atoms with Crippen molar-refractivity contribution in [2.24, 2.45) is 5.10 Å². The fourth-order valence-electron chi connectivity index (χ4n) is 2.84. The predicted molar refractivity (Wildman–Crippen MR) is 100 cm³/mol. The Bertz CT molecular complexity index is 1060. The van der Waals surface area contributed by atoms with Gasteiger partial charge >= 0.3 is 0 Å². The number of amides is 1. The summed E-state index contributed by atoms with van der Waals surface area (Å²) in [5.74, 6) is 0.946. The van der Waals surface area contributed by atoms with E-state index in [-0.39, 0.29) is 11.6 Å². The molecule has 1 aliphatic heterocycles. The number of furan rings is 1. The van der Waals surface area contributed by atoms with Crippen molar-refractivity contribution < 1.29 is 18.9 Å². The number of ether oxygens (including phenoxy) is 1. The number of rotatable bonds is 4. The molecule has 0 saturated carbocycles. The maximum Gasteiger partial charge on any atom is 0.269 e. The summed E-state index contributed by atoms with van der Waals surface area (Å²) in [6, 6.07) is 18.7. The number of carbonyl (C=O) groups is 1. The highest BCUT2D eigenvalue weighted by atomic mass is 16.6. The Balaban J connectivity index is 1.61. The molecule has 140 valence electrons. The van der Waals surface area contributed by atoms with Gasteiger partial charge in [0.2, 0.25) is 11.8 Å². The van der Waals surface area contributed by atoms with Crippen molar-refractivity contribution in [3.63, 3.8) is 0 Å². The van der Waals surface area contributed by atoms with Crippen LogP contribution in [0.1, 0.15) is 24.5 Å². The van der Waals surface area contributed by atoms with Crippen molar-refractivity contribution in [2.75, 3.05) is 0 Å². The fraction of sp³-hybridized carbons (Fsp3) is 0.100. The molecule has 8 nitrogen and oxygen atoms in total. The molecule has 0 spiro atoms. The summed E-state index contributed by atoms with van der Waals surface area (Å²) in [5.41, 5.74) is 1.42. The van der Waals surface area contributed by atoms with Gasteiger partial charge in [-0.1, -0.05) is 18.2 Å². The van der Waals surface area contributed by atoms with Gasteiger partial charge in [-0.25, -0.2) is 0 Å². The van der Waals surface area contributed by atoms with E-state index in [1.807, 2.05) is 30.3 Å². The highest BCUT2D eigenvalue weighted by Gasteiger charge is 2.35. The summed E-state index contributed by atoms with van der Waals surface area (Å²) < 4.78 is 11.7. The molecule has 0 saturated heterocycles. The van der Waals surface area contributed by atoms with Crippen molar-refractivity contribution >= 4 is 17.5 Å². The van der Waals surface area contributed by atoms with Crippen LogP contribution in [0.4, 0.5) is 5.69 Å². The molecule has 0 radical (unpaired) electrons. The molecular weight excluding hydrogens is 362 g/mol. The highest BCUT2D eigenvalue weighted by molar-refractivity contribution is 5.96. The third kappa shape index (κ3) is 3.23. The molecular formula is C20H15N3O5. The van der Waals surface area contributed by atoms with Gasteiger partial charge in [-0.3, -0.25) is 14.9 Å². The molecule has 4 rings (SSSR count). The number of benzene rings is 2. The summed E-state index contributed by atoms with van der Waals surface area (Å²) in [4.78, 5) is 22.3. The molecule has 1 atom stereocenters. The summed E-state index contributed by atoms with van der Waals surface area (Å²) >= 11 is 0. The van der Waals surface area contributed by atoms with Crippen molar-refractivity contribution in [2.45, 2.75) is 13.2 Å². The second-order valence-corrected chi connectivity index (χ2v) is 6.11. The predicted octanol–water partition coefficient (Wildman–Crippen LogP) is 4.09. The van der Waals surface area contributed by atoms with Crippen LogP contribution in [-0.4, -0.2) is 21.7 Å². The summed E-state index contributed by atoms with van der Waals surface area (Å²) in [6.07, 6.45) is -0.820. The van der Waals surface area contributed by atoms with Crippen LogP contribution in [0.3, 0.4) is 0 Å². The van der Waals surface area contributed by atoms with Gasteiger partial charge in [-0.2, -0.15) is 5.01 Å². The minimum absolute atomic E-state index is 0.00156. The summed E-state index contributed by atoms with van der Waals surface area (Å²) in [5, 5.41) is 16.3. The quantitative estimate of drug-likeness (QED) is 0.504. The lowest BCUT2D eigenvalue weighted by Crippen LogP contribution is -2.24. The fourth-order valence-corrected chi connectivity index (χ4v) is 2.84. The van der Waals surface area contributed by atoms with Crippen molar-refractivity contribution in [3.8, 4) is 11.3 Å². The molecule has 1 aliphatic rings. The number of nitro groups is 1. The Morgan fingerprint density at radius 3 is 2.39 bits per heavy atom. The van der Waals surface area contributed by atoms with Crippen molar-refractivity contribution in [1.82, 2.24) is 5.01 Å². The number of hydrazone groups is 1. The van der Waals surface area contributed by atoms with E-state index in [1.54, 1.807) is 24.3 Å². The standard InChI is InChI=1S/C20H15N3O5/c1-13(24)22-20(28-19(21-22)15-5-3-2-4-6-15)18-12-11-17(27-18)14-7-9-16(10-8-14)23(25)26/h2-12,20H,1H3/t20-/m1/s1. The van der Waals surface area contributed by atoms with Crippen LogP contribution >= 0.6 is 0 Å². The third-order valence-corrected chi connectivity index (χ3v) is 4.22. The van der Waals surface area contributed by atoms with E-state index >= 15 is 0 Å². The number of hydrogen-bond acceptors (Lipinski definition) is 6. The number of carbonyl (C=O) groups excluding carboxylic acids is 1. The third-order valence-electron chi connectivity index (χ3n) is 4.22. The van der Waals surface area contributed by atoms with Gasteiger partial charge in [0.25, 0.3) is 11.9 Å². The first-order chi connectivity index (χ1) is 13.5. The SMILES string of the molecule is CC(=O)N1N=C(c2ccccc2)O[C@@H]1c1ccc(-c2ccc([N+](=O)[O-])cc2)o1. The van der Waals surface area contributed by atoms with Gasteiger partial charge in [0.1, 0.15) is 5.76 Å². The molecule has 0 N–H and O–H groups in total. The zero-order valence-corrected chi connectivity index (χ0v) is 14.8. The highest BCUT2D eigenvalue weighted by Crippen LogP contribution is 2.34. The van der Waals surface area contributed by atoms with Crippen LogP contribution < -0.4 is 0 Å². The zero-order chi connectivity index (χ0) is 19.7. The lowest BCUT2D eigenvalue weighted by atomic mass is 10.1. The molecule has 28 heavy (non-hydrogen) atoms. The van der Waals surface area contributed by atoms with E-state index in [4.69, 9.17) is 9.15 Å². The molecule has 2 heterocycles. The summed E-state index contributed by atoms with van der Waals surface area (Å²) in [7, 11) is 0. The largest absolute Gasteiger partial charge is 0.455 e. The average molecular weight is 377 g/mol. The van der Waals surface area contributed by atoms with E-state index in [2.05, 4.69) is 5.10 Å². The Labute approximate surface area is 159 Å². The maximum atomic E-state index is 12.0. The van der Waals surface area contributed by atoms with Crippen LogP contribution in [0.15, 0.2) is 76.2 Å². The van der Waals surface area contributed by atoms with Gasteiger partial charge < -0.3 is 9.15 Å². The zero-order valence-electron chi connectivity index (χ0n) is 14.8. The summed E-state index contributed by atoms with van der Waals surface area (Å²) in [6.45, 7) is 1.40. The Hall–Kier alpha value is -3.94. The van der Waals surface area contributed by atoms with E-state index in [9.17, 15) is 14.9 Å². The first-order valence-electron chi connectivity index (χ1n) is 8.48. The van der Waals surface area contributed by atoms with Gasteiger partial charge in [-0.15, -0.1) is 5.10 Å². The molecule has 0 unspecified atom stereocenters. The van der Waals surface area contributed by atoms with Crippen LogP contribution in [0.25, 0.3) is 11.3 Å². The van der Waals surface area contributed by atoms with Crippen LogP contribution in [0.2, 0.25) is 0 Å². The van der Waals surface area contributed by atoms with Crippen molar-refractivity contribution in [1.29, 1.82) is 0 Å². The monoisotopic (exact) mass is 377 g/mol. The second-order valence-electron chi connectivity index (χ2n) is 6.11. The maximum absolute atomic E-state index is 12.0. The molecule has 0 bridgehead atoms. The molecule has 1 amide bonds. The normalized spacial score (nSPS) is 15.8. The molecule has 8 heteroatoms. The first kappa shape index (κ1) is 17.5. The Kier molecular flexibility index (Phi) is 4.36. The number of nitrogens with zero attached hydrogens (tertiary/aromatic N) is 3. The second kappa shape index (κ2) is 6.99. The minimum atomic E-state index is -0.820. The van der Waals surface area contributed by atoms with E-state index in [0.29, 0.717) is 23.0 Å². The molecule has 2 aromatic carbocycles. The molecule has 1 aromatic heterocycles. The number of non-ortho nitro benzene ring substituents is 1. The smallest absolute Gasteiger partial charge is 0.269 e. The minimum Gasteiger partial charge on any atom is -0.455 e. The number of hydrogen-bond donors (Lipinski definition) is 0. The van der Waals surface area contributed by atoms with E-state index in [0.717, 1.165) is 5.56 Å². The lowest BCUT2D eigenvalue weighted by Gasteiger charge is -2.16. The van der Waals surface area contributed by atoms with Crippen molar-refractivity contribution in [3.05, 3.63) is 88.2 Å². The van der Waals surface area contributed by atoms with Crippen LogP contribution in [0.5, 0.6) is 0 Å². The Morgan fingerprint density at radius 1 is 1.04 bits per heavy atom. The van der Waals surface area contributed by atoms with Crippen LogP contribution in [0, 0.1) is 10.1 Å². The van der Waals surface area contributed by atoms with E-state index < -0.39 is 11.2 Å². The lowest BCUT2D eigenvalue weighted by molar-refractivity contribution is -0.384. The Morgan fingerprint density at radius 2 is 1.75 bits per heavy atom. The van der Waals surface area contributed by atoms with Gasteiger partial charge in [0.15, 0.2) is 5.76 Å². The molecule has 0 aliphatic carbocycles. The number of nitro benzene ring substituents is 1. The first-order valence-corrected chi connectivity index (χ1v) is 8.48. The topological polar surface area (TPSA) is 98.2 Å². The van der Waals surface area contributed by atoms with Gasteiger partial charge in [0.05, 0.1) is 4.92 Å². The molecule has 3 aromatic rings. The van der Waals surface area contributed by atoms with E-state index in [1.165, 1.54) is 24.1 Å². The van der Waals surface area contributed by atoms with Crippen LogP contribution in [-0.2, 0) is 9.53 Å². The van der Waals surface area contributed by atoms with Gasteiger partial charge in [0, 0.05) is 30.2 Å². The van der Waals surface area contributed by atoms with Gasteiger partial charge in [-0.05, 0) is 36.4 Å². The average Bonchev–Trinajstić information content (AvgIpc) is 3.36. The molecule has 0 fully saturated rings.